The van der Waals surface area contributed by atoms with Gasteiger partial charge in [0.2, 0.25) is 0 Å². The Bertz CT molecular complexity index is 1030. The monoisotopic (exact) mass is 431 g/mol. The van der Waals surface area contributed by atoms with Gasteiger partial charge in [-0.25, -0.2) is 4.39 Å². The molecule has 2 aliphatic rings. The maximum absolute atomic E-state index is 14.2. The summed E-state index contributed by atoms with van der Waals surface area (Å²) >= 11 is 0. The average molecular weight is 432 g/mol. The second kappa shape index (κ2) is 9.49. The van der Waals surface area contributed by atoms with Crippen LogP contribution in [0.15, 0.2) is 73.1 Å². The van der Waals surface area contributed by atoms with Crippen molar-refractivity contribution in [3.05, 3.63) is 90.0 Å². The van der Waals surface area contributed by atoms with E-state index in [2.05, 4.69) is 39.0 Å². The number of hydrogen-bond donors (Lipinski definition) is 1. The second-order valence-corrected chi connectivity index (χ2v) is 8.98. The zero-order valence-electron chi connectivity index (χ0n) is 18.3. The van der Waals surface area contributed by atoms with Crippen molar-refractivity contribution in [1.29, 1.82) is 0 Å². The third kappa shape index (κ3) is 4.20. The van der Waals surface area contributed by atoms with E-state index in [0.29, 0.717) is 11.6 Å². The number of rotatable bonds is 5. The van der Waals surface area contributed by atoms with Crippen LogP contribution in [0, 0.1) is 5.82 Å². The number of benzene rings is 2. The third-order valence-corrected chi connectivity index (χ3v) is 7.09. The number of aliphatic hydroxyl groups is 1. The fourth-order valence-corrected chi connectivity index (χ4v) is 5.48. The lowest BCUT2D eigenvalue weighted by molar-refractivity contribution is -0.0655. The molecule has 2 aliphatic heterocycles. The molecule has 0 radical (unpaired) electrons. The molecule has 2 fully saturated rings. The van der Waals surface area contributed by atoms with Crippen molar-refractivity contribution in [2.75, 3.05) is 26.2 Å². The first-order chi connectivity index (χ1) is 15.7. The van der Waals surface area contributed by atoms with Gasteiger partial charge in [0.1, 0.15) is 5.82 Å². The van der Waals surface area contributed by atoms with Gasteiger partial charge in [-0.1, -0.05) is 42.5 Å². The molecule has 1 N–H and O–H groups in total. The van der Waals surface area contributed by atoms with Gasteiger partial charge in [0, 0.05) is 49.0 Å². The standard InChI is InChI=1S/C27H30FN3O/c28-24-6-2-1-5-23(24)21-7-9-22(10-8-21)27-25-18-30(17-20-11-13-29-14-12-20)15-3-4-16-31(25)26(27)19-32/h1-2,5-14,25-27,32H,3-4,15-19H2/t25-,26+,27-/m1/s1. The van der Waals surface area contributed by atoms with E-state index >= 15 is 0 Å². The summed E-state index contributed by atoms with van der Waals surface area (Å²) in [5.41, 5.74) is 4.04. The van der Waals surface area contributed by atoms with Gasteiger partial charge in [0.25, 0.3) is 0 Å². The van der Waals surface area contributed by atoms with Crippen molar-refractivity contribution in [2.24, 2.45) is 0 Å². The normalized spacial score (nSPS) is 24.2. The van der Waals surface area contributed by atoms with E-state index in [1.54, 1.807) is 6.07 Å². The molecule has 0 spiro atoms. The summed E-state index contributed by atoms with van der Waals surface area (Å²) in [4.78, 5) is 9.18. The molecule has 0 aliphatic carbocycles. The van der Waals surface area contributed by atoms with Crippen molar-refractivity contribution in [2.45, 2.75) is 37.4 Å². The van der Waals surface area contributed by atoms with Gasteiger partial charge in [-0.15, -0.1) is 0 Å². The maximum Gasteiger partial charge on any atom is 0.131 e. The lowest BCUT2D eigenvalue weighted by Gasteiger charge is -2.57. The van der Waals surface area contributed by atoms with E-state index in [1.807, 2.05) is 36.7 Å². The summed E-state index contributed by atoms with van der Waals surface area (Å²) in [5, 5.41) is 10.2. The van der Waals surface area contributed by atoms with Crippen LogP contribution in [0.2, 0.25) is 0 Å². The van der Waals surface area contributed by atoms with Gasteiger partial charge in [-0.3, -0.25) is 14.8 Å². The summed E-state index contributed by atoms with van der Waals surface area (Å²) < 4.78 is 14.2. The summed E-state index contributed by atoms with van der Waals surface area (Å²) in [7, 11) is 0. The van der Waals surface area contributed by atoms with Crippen LogP contribution in [0.5, 0.6) is 0 Å². The largest absolute Gasteiger partial charge is 0.395 e. The predicted octanol–water partition coefficient (Wildman–Crippen LogP) is 4.31. The number of halogens is 1. The highest BCUT2D eigenvalue weighted by Crippen LogP contribution is 2.42. The first kappa shape index (κ1) is 21.3. The molecule has 0 bridgehead atoms. The zero-order chi connectivity index (χ0) is 21.9. The SMILES string of the molecule is OC[C@H]1[C@H](c2ccc(-c3ccccc3F)cc2)[C@H]2CN(Cc3ccncc3)CCCCN21. The first-order valence-electron chi connectivity index (χ1n) is 11.6. The van der Waals surface area contributed by atoms with E-state index in [9.17, 15) is 9.50 Å². The number of hydrogen-bond acceptors (Lipinski definition) is 4. The molecule has 166 valence electrons. The number of pyridine rings is 1. The van der Waals surface area contributed by atoms with Gasteiger partial charge >= 0.3 is 0 Å². The minimum Gasteiger partial charge on any atom is -0.395 e. The Morgan fingerprint density at radius 2 is 1.69 bits per heavy atom. The fourth-order valence-electron chi connectivity index (χ4n) is 5.48. The van der Waals surface area contributed by atoms with Crippen molar-refractivity contribution in [3.63, 3.8) is 0 Å². The van der Waals surface area contributed by atoms with Crippen LogP contribution in [-0.2, 0) is 6.54 Å². The minimum absolute atomic E-state index is 0.153. The van der Waals surface area contributed by atoms with Gasteiger partial charge in [0.05, 0.1) is 6.61 Å². The lowest BCUT2D eigenvalue weighted by atomic mass is 9.74. The quantitative estimate of drug-likeness (QED) is 0.653. The highest BCUT2D eigenvalue weighted by molar-refractivity contribution is 5.64. The average Bonchev–Trinajstić information content (AvgIpc) is 2.81. The molecular weight excluding hydrogens is 401 g/mol. The molecular formula is C27H30FN3O. The molecule has 3 heterocycles. The van der Waals surface area contributed by atoms with Crippen LogP contribution in [0.1, 0.15) is 29.9 Å². The third-order valence-electron chi connectivity index (χ3n) is 7.09. The molecule has 0 saturated carbocycles. The van der Waals surface area contributed by atoms with Crippen LogP contribution in [0.25, 0.3) is 11.1 Å². The van der Waals surface area contributed by atoms with Crippen molar-refractivity contribution in [1.82, 2.24) is 14.8 Å². The van der Waals surface area contributed by atoms with Gasteiger partial charge in [-0.05, 0) is 60.8 Å². The van der Waals surface area contributed by atoms with Gasteiger partial charge in [-0.2, -0.15) is 0 Å². The molecule has 0 unspecified atom stereocenters. The Morgan fingerprint density at radius 1 is 0.938 bits per heavy atom. The lowest BCUT2D eigenvalue weighted by Crippen LogP contribution is -2.67. The molecule has 0 amide bonds. The maximum atomic E-state index is 14.2. The number of aromatic nitrogens is 1. The van der Waals surface area contributed by atoms with E-state index in [0.717, 1.165) is 38.2 Å². The van der Waals surface area contributed by atoms with Crippen molar-refractivity contribution in [3.8, 4) is 11.1 Å². The summed E-state index contributed by atoms with van der Waals surface area (Å²) in [6.45, 7) is 4.22. The molecule has 2 saturated heterocycles. The smallest absolute Gasteiger partial charge is 0.131 e. The molecule has 5 heteroatoms. The summed E-state index contributed by atoms with van der Waals surface area (Å²) in [5.74, 6) is 0.0859. The minimum atomic E-state index is -0.199. The van der Waals surface area contributed by atoms with Gasteiger partial charge in [0.15, 0.2) is 0 Å². The first-order valence-corrected chi connectivity index (χ1v) is 11.6. The van der Waals surface area contributed by atoms with E-state index < -0.39 is 0 Å². The zero-order valence-corrected chi connectivity index (χ0v) is 18.3. The topological polar surface area (TPSA) is 39.6 Å². The number of nitrogens with zero attached hydrogens (tertiary/aromatic N) is 3. The molecule has 32 heavy (non-hydrogen) atoms. The number of aliphatic hydroxyl groups excluding tert-OH is 1. The summed E-state index contributed by atoms with van der Waals surface area (Å²) in [6.07, 6.45) is 6.04. The Morgan fingerprint density at radius 3 is 2.44 bits per heavy atom. The van der Waals surface area contributed by atoms with Crippen LogP contribution < -0.4 is 0 Å². The van der Waals surface area contributed by atoms with Crippen molar-refractivity contribution >= 4 is 0 Å². The molecule has 3 atom stereocenters. The number of fused-ring (bicyclic) bond motifs is 1. The van der Waals surface area contributed by atoms with Crippen LogP contribution >= 0.6 is 0 Å². The molecule has 3 aromatic rings. The molecule has 5 rings (SSSR count). The Hall–Kier alpha value is -2.60. The van der Waals surface area contributed by atoms with Crippen LogP contribution in [-0.4, -0.2) is 58.2 Å². The second-order valence-electron chi connectivity index (χ2n) is 8.98. The van der Waals surface area contributed by atoms with E-state index in [4.69, 9.17) is 0 Å². The van der Waals surface area contributed by atoms with Crippen LogP contribution in [0.3, 0.4) is 0 Å². The highest BCUT2D eigenvalue weighted by atomic mass is 19.1. The van der Waals surface area contributed by atoms with Crippen LogP contribution in [0.4, 0.5) is 4.39 Å². The molecule has 1 aromatic heterocycles. The Labute approximate surface area is 189 Å². The fraction of sp³-hybridized carbons (Fsp3) is 0.370. The highest BCUT2D eigenvalue weighted by Gasteiger charge is 2.49. The predicted molar refractivity (Wildman–Crippen MR) is 125 cm³/mol. The molecule has 2 aromatic carbocycles. The Balaban J connectivity index is 1.37. The van der Waals surface area contributed by atoms with E-state index in [1.165, 1.54) is 23.6 Å². The Kier molecular flexibility index (Phi) is 6.30. The van der Waals surface area contributed by atoms with Gasteiger partial charge < -0.3 is 5.11 Å². The van der Waals surface area contributed by atoms with E-state index in [-0.39, 0.29) is 24.4 Å². The van der Waals surface area contributed by atoms with Crippen molar-refractivity contribution < 1.29 is 9.50 Å². The molecule has 4 nitrogen and oxygen atoms in total. The summed E-state index contributed by atoms with van der Waals surface area (Å²) in [6, 6.07) is 19.9.